The van der Waals surface area contributed by atoms with Gasteiger partial charge in [-0.05, 0) is 58.8 Å². The Hall–Kier alpha value is -4.24. The maximum absolute atomic E-state index is 13.9. The van der Waals surface area contributed by atoms with Crippen molar-refractivity contribution in [2.24, 2.45) is 0 Å². The van der Waals surface area contributed by atoms with Gasteiger partial charge >= 0.3 is 0 Å². The van der Waals surface area contributed by atoms with Crippen LogP contribution in [0.2, 0.25) is 0 Å². The lowest BCUT2D eigenvalue weighted by Gasteiger charge is -2.36. The number of hydrogen-bond donors (Lipinski definition) is 1. The molecule has 0 radical (unpaired) electrons. The Labute approximate surface area is 240 Å². The zero-order chi connectivity index (χ0) is 29.2. The number of methoxy groups -OCH3 is 1. The van der Waals surface area contributed by atoms with E-state index in [1.807, 2.05) is 54.6 Å². The number of nitrogens with one attached hydrogen (secondary N) is 1. The van der Waals surface area contributed by atoms with Crippen molar-refractivity contribution in [1.29, 1.82) is 0 Å². The first-order valence-corrected chi connectivity index (χ1v) is 14.9. The van der Waals surface area contributed by atoms with E-state index in [9.17, 15) is 13.2 Å². The average Bonchev–Trinajstić information content (AvgIpc) is 2.97. The smallest absolute Gasteiger partial charge is 0.264 e. The Kier molecular flexibility index (Phi) is 7.82. The largest absolute Gasteiger partial charge is 0.497 e. The van der Waals surface area contributed by atoms with Crippen molar-refractivity contribution >= 4 is 32.4 Å². The normalized spacial score (nSPS) is 15.1. The van der Waals surface area contributed by atoms with Crippen molar-refractivity contribution in [3.8, 4) is 17.2 Å². The van der Waals surface area contributed by atoms with E-state index in [1.165, 1.54) is 23.5 Å². The van der Waals surface area contributed by atoms with Crippen molar-refractivity contribution in [2.75, 3.05) is 31.1 Å². The highest BCUT2D eigenvalue weighted by Crippen LogP contribution is 2.40. The number of sulfonamides is 1. The lowest BCUT2D eigenvalue weighted by Crippen LogP contribution is -2.51. The molecule has 4 aromatic carbocycles. The maximum atomic E-state index is 13.9. The van der Waals surface area contributed by atoms with E-state index >= 15 is 0 Å². The van der Waals surface area contributed by atoms with Crippen molar-refractivity contribution in [1.82, 2.24) is 5.32 Å². The number of hydrogen-bond acceptors (Lipinski definition) is 6. The average molecular weight is 575 g/mol. The molecule has 0 aliphatic carbocycles. The number of carbonyl (C=O) groups excluding carboxylic acids is 1. The molecule has 4 aromatic rings. The highest BCUT2D eigenvalue weighted by Gasteiger charge is 2.38. The SMILES string of the molecule is COc1ccc(S(=O)(=O)N2CC(C(=O)NCCOc3cccc4ccccc34)Oc3ccc(C(C)(C)C)cc32)cc1. The third-order valence-electron chi connectivity index (χ3n) is 7.04. The quantitative estimate of drug-likeness (QED) is 0.287. The maximum Gasteiger partial charge on any atom is 0.264 e. The van der Waals surface area contributed by atoms with Gasteiger partial charge in [0.2, 0.25) is 0 Å². The molecule has 0 bridgehead atoms. The number of nitrogens with zero attached hydrogens (tertiary/aromatic N) is 1. The standard InChI is InChI=1S/C32H34N2O6S/c1-32(2,3)23-12-17-29-27(20-23)34(41(36,37)25-15-13-24(38-4)14-16-25)21-30(40-29)31(35)33-18-19-39-28-11-7-9-22-8-5-6-10-26(22)28/h5-17,20,30H,18-19,21H2,1-4H3,(H,33,35). The summed E-state index contributed by atoms with van der Waals surface area (Å²) in [5, 5.41) is 4.89. The second kappa shape index (κ2) is 11.3. The number of ether oxygens (including phenoxy) is 3. The van der Waals surface area contributed by atoms with Gasteiger partial charge in [0.15, 0.2) is 6.10 Å². The molecule has 1 unspecified atom stereocenters. The van der Waals surface area contributed by atoms with Gasteiger partial charge in [-0.1, -0.05) is 63.2 Å². The van der Waals surface area contributed by atoms with Crippen LogP contribution in [0.15, 0.2) is 89.8 Å². The zero-order valence-corrected chi connectivity index (χ0v) is 24.4. The second-order valence-electron chi connectivity index (χ2n) is 10.9. The molecule has 1 amide bonds. The van der Waals surface area contributed by atoms with Crippen LogP contribution < -0.4 is 23.8 Å². The highest BCUT2D eigenvalue weighted by atomic mass is 32.2. The Bertz CT molecular complexity index is 1660. The summed E-state index contributed by atoms with van der Waals surface area (Å²) >= 11 is 0. The summed E-state index contributed by atoms with van der Waals surface area (Å²) in [5.41, 5.74) is 1.13. The van der Waals surface area contributed by atoms with Crippen molar-refractivity contribution in [3.63, 3.8) is 0 Å². The molecule has 9 heteroatoms. The molecular weight excluding hydrogens is 540 g/mol. The van der Waals surface area contributed by atoms with Crippen LogP contribution in [0.1, 0.15) is 26.3 Å². The first-order chi connectivity index (χ1) is 19.6. The van der Waals surface area contributed by atoms with Crippen LogP contribution in [-0.2, 0) is 20.2 Å². The molecule has 0 spiro atoms. The molecule has 0 saturated carbocycles. The van der Waals surface area contributed by atoms with Crippen molar-refractivity contribution < 1.29 is 27.4 Å². The van der Waals surface area contributed by atoms with Crippen LogP contribution in [0.4, 0.5) is 5.69 Å². The van der Waals surface area contributed by atoms with Crippen LogP contribution in [0.3, 0.4) is 0 Å². The summed E-state index contributed by atoms with van der Waals surface area (Å²) < 4.78 is 46.2. The first-order valence-electron chi connectivity index (χ1n) is 13.4. The highest BCUT2D eigenvalue weighted by molar-refractivity contribution is 7.92. The molecule has 5 rings (SSSR count). The lowest BCUT2D eigenvalue weighted by molar-refractivity contribution is -0.127. The summed E-state index contributed by atoms with van der Waals surface area (Å²) in [6.07, 6.45) is -1.05. The number of benzene rings is 4. The topological polar surface area (TPSA) is 94.2 Å². The van der Waals surface area contributed by atoms with Gasteiger partial charge in [-0.3, -0.25) is 9.10 Å². The molecule has 8 nitrogen and oxygen atoms in total. The van der Waals surface area contributed by atoms with Gasteiger partial charge in [0, 0.05) is 5.39 Å². The minimum absolute atomic E-state index is 0.0926. The van der Waals surface area contributed by atoms with Crippen LogP contribution in [0.5, 0.6) is 17.2 Å². The molecule has 1 atom stereocenters. The molecule has 41 heavy (non-hydrogen) atoms. The summed E-state index contributed by atoms with van der Waals surface area (Å²) in [4.78, 5) is 13.3. The molecule has 1 aliphatic rings. The predicted octanol–water partition coefficient (Wildman–Crippen LogP) is 5.30. The van der Waals surface area contributed by atoms with Crippen LogP contribution in [-0.4, -0.2) is 47.2 Å². The molecule has 0 fully saturated rings. The van der Waals surface area contributed by atoms with Crippen LogP contribution in [0, 0.1) is 0 Å². The lowest BCUT2D eigenvalue weighted by atomic mass is 9.86. The second-order valence-corrected chi connectivity index (χ2v) is 12.7. The van der Waals surface area contributed by atoms with E-state index in [1.54, 1.807) is 18.2 Å². The Balaban J connectivity index is 1.35. The molecule has 1 N–H and O–H groups in total. The van der Waals surface area contributed by atoms with Crippen molar-refractivity contribution in [3.05, 3.63) is 90.5 Å². The van der Waals surface area contributed by atoms with E-state index in [-0.39, 0.29) is 30.0 Å². The van der Waals surface area contributed by atoms with Crippen LogP contribution in [0.25, 0.3) is 10.8 Å². The number of anilines is 1. The Morgan fingerprint density at radius 3 is 2.46 bits per heavy atom. The fourth-order valence-corrected chi connectivity index (χ4v) is 6.20. The first kappa shape index (κ1) is 28.3. The fraction of sp³-hybridized carbons (Fsp3) is 0.281. The van der Waals surface area contributed by atoms with Crippen molar-refractivity contribution in [2.45, 2.75) is 37.2 Å². The van der Waals surface area contributed by atoms with Gasteiger partial charge in [-0.15, -0.1) is 0 Å². The molecule has 0 saturated heterocycles. The molecule has 214 valence electrons. The molecule has 1 aliphatic heterocycles. The van der Waals surface area contributed by atoms with E-state index in [0.717, 1.165) is 22.1 Å². The third-order valence-corrected chi connectivity index (χ3v) is 8.84. The number of carbonyl (C=O) groups is 1. The summed E-state index contributed by atoms with van der Waals surface area (Å²) in [5.74, 6) is 1.18. The fourth-order valence-electron chi connectivity index (χ4n) is 4.73. The van der Waals surface area contributed by atoms with Gasteiger partial charge < -0.3 is 19.5 Å². The molecule has 0 aromatic heterocycles. The number of rotatable bonds is 8. The van der Waals surface area contributed by atoms with Gasteiger partial charge in [-0.2, -0.15) is 0 Å². The Morgan fingerprint density at radius 2 is 1.73 bits per heavy atom. The van der Waals surface area contributed by atoms with Crippen LogP contribution >= 0.6 is 0 Å². The van der Waals surface area contributed by atoms with E-state index in [2.05, 4.69) is 26.1 Å². The Morgan fingerprint density at radius 1 is 1.00 bits per heavy atom. The summed E-state index contributed by atoms with van der Waals surface area (Å²) in [6, 6.07) is 25.4. The van der Waals surface area contributed by atoms with Gasteiger partial charge in [0.05, 0.1) is 30.8 Å². The van der Waals surface area contributed by atoms with E-state index in [0.29, 0.717) is 17.2 Å². The molecular formula is C32H34N2O6S. The van der Waals surface area contributed by atoms with Gasteiger partial charge in [0.25, 0.3) is 15.9 Å². The number of fused-ring (bicyclic) bond motifs is 2. The summed E-state index contributed by atoms with van der Waals surface area (Å²) in [7, 11) is -2.50. The van der Waals surface area contributed by atoms with E-state index < -0.39 is 22.0 Å². The monoisotopic (exact) mass is 574 g/mol. The van der Waals surface area contributed by atoms with Gasteiger partial charge in [-0.25, -0.2) is 8.42 Å². The minimum atomic E-state index is -4.02. The summed E-state index contributed by atoms with van der Waals surface area (Å²) in [6.45, 7) is 6.45. The number of amides is 1. The third kappa shape index (κ3) is 5.95. The zero-order valence-electron chi connectivity index (χ0n) is 23.6. The minimum Gasteiger partial charge on any atom is -0.497 e. The van der Waals surface area contributed by atoms with Gasteiger partial charge in [0.1, 0.15) is 23.9 Å². The predicted molar refractivity (Wildman–Crippen MR) is 160 cm³/mol. The van der Waals surface area contributed by atoms with E-state index in [4.69, 9.17) is 14.2 Å². The molecule has 1 heterocycles.